The summed E-state index contributed by atoms with van der Waals surface area (Å²) in [4.78, 5) is 27.3. The van der Waals surface area contributed by atoms with Crippen LogP contribution in [0.3, 0.4) is 0 Å². The molecular weight excluding hydrogens is 396 g/mol. The normalized spacial score (nSPS) is 20.4. The molecule has 0 atom stereocenters. The number of thioether (sulfide) groups is 2. The van der Waals surface area contributed by atoms with Crippen molar-refractivity contribution in [3.8, 4) is 5.75 Å². The molecule has 1 amide bonds. The number of fused-ring (bicyclic) bond motifs is 1. The smallest absolute Gasteiger partial charge is 0.269 e. The molecule has 0 aliphatic carbocycles. The standard InChI is InChI=1S/C18H20N6O2S2/c1-4-5-8-24-15(25)14(28-18(24)21-17-19-10-20-22-17)16-23(2)12-9-11(26-3)6-7-13(12)27-16/h6-7,9-10H,4-5,8H2,1-3H3,(H,19,20,22)/b16-14-,21-18-. The monoisotopic (exact) mass is 416 g/mol. The fourth-order valence-electron chi connectivity index (χ4n) is 2.93. The average Bonchev–Trinajstić information content (AvgIpc) is 3.40. The third kappa shape index (κ3) is 3.37. The summed E-state index contributed by atoms with van der Waals surface area (Å²) in [6.07, 6.45) is 3.31. The van der Waals surface area contributed by atoms with Gasteiger partial charge in [-0.05, 0) is 30.3 Å². The molecule has 1 aromatic carbocycles. The topological polar surface area (TPSA) is 86.7 Å². The molecule has 1 fully saturated rings. The van der Waals surface area contributed by atoms with Gasteiger partial charge in [0.2, 0.25) is 5.95 Å². The van der Waals surface area contributed by atoms with Crippen LogP contribution in [0, 0.1) is 0 Å². The molecule has 3 heterocycles. The van der Waals surface area contributed by atoms with E-state index in [0.29, 0.717) is 22.6 Å². The lowest BCUT2D eigenvalue weighted by atomic mass is 10.3. The number of aromatic nitrogens is 3. The number of hydrogen-bond acceptors (Lipinski definition) is 8. The fourth-order valence-corrected chi connectivity index (χ4v) is 5.26. The lowest BCUT2D eigenvalue weighted by molar-refractivity contribution is -0.122. The van der Waals surface area contributed by atoms with Crippen molar-refractivity contribution in [1.82, 2.24) is 20.1 Å². The van der Waals surface area contributed by atoms with Gasteiger partial charge in [0.15, 0.2) is 5.17 Å². The van der Waals surface area contributed by atoms with Gasteiger partial charge in [-0.3, -0.25) is 9.69 Å². The molecule has 0 spiro atoms. The lowest BCUT2D eigenvalue weighted by Gasteiger charge is -2.16. The third-order valence-electron chi connectivity index (χ3n) is 4.44. The van der Waals surface area contributed by atoms with Crippen molar-refractivity contribution in [2.24, 2.45) is 4.99 Å². The van der Waals surface area contributed by atoms with Crippen LogP contribution in [0.1, 0.15) is 19.8 Å². The molecule has 146 valence electrons. The van der Waals surface area contributed by atoms with E-state index in [1.165, 1.54) is 18.1 Å². The Bertz CT molecular complexity index is 957. The van der Waals surface area contributed by atoms with Crippen LogP contribution in [-0.2, 0) is 4.79 Å². The number of benzene rings is 1. The Labute approximate surface area is 171 Å². The SMILES string of the molecule is CCCCN1C(=O)/C(=C2/Sc3ccc(OC)cc3N2C)S/C1=N\c1ncn[nH]1. The minimum Gasteiger partial charge on any atom is -0.497 e. The highest BCUT2D eigenvalue weighted by molar-refractivity contribution is 8.19. The van der Waals surface area contributed by atoms with Crippen LogP contribution >= 0.6 is 23.5 Å². The van der Waals surface area contributed by atoms with E-state index in [4.69, 9.17) is 4.74 Å². The van der Waals surface area contributed by atoms with Crippen molar-refractivity contribution in [2.75, 3.05) is 25.6 Å². The predicted molar refractivity (Wildman–Crippen MR) is 112 cm³/mol. The average molecular weight is 417 g/mol. The molecule has 2 aromatic rings. The number of nitrogens with one attached hydrogen (secondary N) is 1. The molecule has 28 heavy (non-hydrogen) atoms. The Balaban J connectivity index is 1.70. The molecule has 2 aliphatic rings. The molecule has 2 aliphatic heterocycles. The molecule has 1 saturated heterocycles. The molecule has 10 heteroatoms. The Morgan fingerprint density at radius 2 is 2.18 bits per heavy atom. The number of aliphatic imine (C=N–C) groups is 1. The molecular formula is C18H20N6O2S2. The van der Waals surface area contributed by atoms with Gasteiger partial charge >= 0.3 is 0 Å². The van der Waals surface area contributed by atoms with E-state index in [9.17, 15) is 4.79 Å². The molecule has 1 aromatic heterocycles. The van der Waals surface area contributed by atoms with Gasteiger partial charge in [0.1, 0.15) is 17.0 Å². The number of ether oxygens (including phenoxy) is 1. The first kappa shape index (κ1) is 18.9. The molecule has 4 rings (SSSR count). The van der Waals surface area contributed by atoms with Gasteiger partial charge < -0.3 is 9.64 Å². The van der Waals surface area contributed by atoms with Crippen LogP contribution in [0.15, 0.2) is 44.3 Å². The predicted octanol–water partition coefficient (Wildman–Crippen LogP) is 3.59. The van der Waals surface area contributed by atoms with Gasteiger partial charge in [0.25, 0.3) is 5.91 Å². The second kappa shape index (κ2) is 7.88. The Hall–Kier alpha value is -2.46. The maximum absolute atomic E-state index is 13.2. The number of methoxy groups -OCH3 is 1. The highest BCUT2D eigenvalue weighted by Gasteiger charge is 2.39. The second-order valence-corrected chi connectivity index (χ2v) is 8.25. The highest BCUT2D eigenvalue weighted by atomic mass is 32.2. The molecule has 1 N–H and O–H groups in total. The fraction of sp³-hybridized carbons (Fsp3) is 0.333. The number of rotatable bonds is 5. The van der Waals surface area contributed by atoms with Crippen LogP contribution in [0.2, 0.25) is 0 Å². The van der Waals surface area contributed by atoms with Crippen molar-refractivity contribution in [1.29, 1.82) is 0 Å². The van der Waals surface area contributed by atoms with Crippen molar-refractivity contribution >= 4 is 46.2 Å². The first-order chi connectivity index (χ1) is 13.6. The van der Waals surface area contributed by atoms with E-state index in [1.807, 2.05) is 30.1 Å². The summed E-state index contributed by atoms with van der Waals surface area (Å²) in [6.45, 7) is 2.73. The first-order valence-corrected chi connectivity index (χ1v) is 10.5. The van der Waals surface area contributed by atoms with Gasteiger partial charge in [-0.25, -0.2) is 5.10 Å². The van der Waals surface area contributed by atoms with Gasteiger partial charge in [0, 0.05) is 24.6 Å². The maximum atomic E-state index is 13.2. The largest absolute Gasteiger partial charge is 0.497 e. The van der Waals surface area contributed by atoms with E-state index in [-0.39, 0.29) is 5.91 Å². The zero-order chi connectivity index (χ0) is 19.7. The number of amidine groups is 1. The van der Waals surface area contributed by atoms with Gasteiger partial charge in [-0.2, -0.15) is 15.1 Å². The van der Waals surface area contributed by atoms with E-state index in [2.05, 4.69) is 27.1 Å². The van der Waals surface area contributed by atoms with Crippen LogP contribution in [-0.4, -0.2) is 51.9 Å². The maximum Gasteiger partial charge on any atom is 0.269 e. The van der Waals surface area contributed by atoms with Crippen molar-refractivity contribution < 1.29 is 9.53 Å². The number of amides is 1. The van der Waals surface area contributed by atoms with Crippen molar-refractivity contribution in [3.63, 3.8) is 0 Å². The molecule has 0 unspecified atom stereocenters. The zero-order valence-electron chi connectivity index (χ0n) is 15.8. The third-order valence-corrected chi connectivity index (χ3v) is 6.87. The summed E-state index contributed by atoms with van der Waals surface area (Å²) in [6, 6.07) is 5.94. The van der Waals surface area contributed by atoms with Gasteiger partial charge in [0.05, 0.1) is 17.8 Å². The van der Waals surface area contributed by atoms with Gasteiger partial charge in [-0.15, -0.1) is 0 Å². The summed E-state index contributed by atoms with van der Waals surface area (Å²) in [5, 5.41) is 8.09. The van der Waals surface area contributed by atoms with Crippen molar-refractivity contribution in [3.05, 3.63) is 34.5 Å². The van der Waals surface area contributed by atoms with E-state index >= 15 is 0 Å². The Kier molecular flexibility index (Phi) is 5.31. The first-order valence-electron chi connectivity index (χ1n) is 8.90. The van der Waals surface area contributed by atoms with Crippen LogP contribution in [0.5, 0.6) is 5.75 Å². The number of hydrogen-bond donors (Lipinski definition) is 1. The van der Waals surface area contributed by atoms with E-state index in [0.717, 1.165) is 34.2 Å². The summed E-state index contributed by atoms with van der Waals surface area (Å²) in [7, 11) is 3.62. The zero-order valence-corrected chi connectivity index (χ0v) is 17.4. The number of aromatic amines is 1. The second-order valence-electron chi connectivity index (χ2n) is 6.24. The van der Waals surface area contributed by atoms with E-state index in [1.54, 1.807) is 23.8 Å². The van der Waals surface area contributed by atoms with Gasteiger partial charge in [-0.1, -0.05) is 25.1 Å². The minimum atomic E-state index is -0.0224. The van der Waals surface area contributed by atoms with Crippen LogP contribution in [0.25, 0.3) is 0 Å². The Morgan fingerprint density at radius 1 is 1.32 bits per heavy atom. The number of carbonyl (C=O) groups excluding carboxylic acids is 1. The molecule has 0 bridgehead atoms. The number of carbonyl (C=O) groups is 1. The molecule has 0 radical (unpaired) electrons. The minimum absolute atomic E-state index is 0.0224. The van der Waals surface area contributed by atoms with Crippen LogP contribution in [0.4, 0.5) is 11.6 Å². The molecule has 8 nitrogen and oxygen atoms in total. The quantitative estimate of drug-likeness (QED) is 0.746. The summed E-state index contributed by atoms with van der Waals surface area (Å²) in [5.41, 5.74) is 1.03. The number of anilines is 1. The highest BCUT2D eigenvalue weighted by Crippen LogP contribution is 2.50. The summed E-state index contributed by atoms with van der Waals surface area (Å²) < 4.78 is 5.34. The number of H-pyrrole nitrogens is 1. The van der Waals surface area contributed by atoms with Crippen LogP contribution < -0.4 is 9.64 Å². The number of nitrogens with zero attached hydrogens (tertiary/aromatic N) is 5. The summed E-state index contributed by atoms with van der Waals surface area (Å²) in [5.74, 6) is 1.16. The lowest BCUT2D eigenvalue weighted by Crippen LogP contribution is -2.30. The summed E-state index contributed by atoms with van der Waals surface area (Å²) >= 11 is 2.97. The Morgan fingerprint density at radius 3 is 2.89 bits per heavy atom. The van der Waals surface area contributed by atoms with Crippen molar-refractivity contribution in [2.45, 2.75) is 24.7 Å². The molecule has 0 saturated carbocycles. The number of unbranched alkanes of at least 4 members (excludes halogenated alkanes) is 1. The van der Waals surface area contributed by atoms with E-state index < -0.39 is 0 Å².